The Kier molecular flexibility index (Phi) is 5.59. The molecule has 10 heteroatoms. The Morgan fingerprint density at radius 2 is 1.85 bits per heavy atom. The lowest BCUT2D eigenvalue weighted by molar-refractivity contribution is -0.117. The van der Waals surface area contributed by atoms with Gasteiger partial charge < -0.3 is 10.3 Å². The highest BCUT2D eigenvalue weighted by Crippen LogP contribution is 2.48. The lowest BCUT2D eigenvalue weighted by atomic mass is 10.1. The maximum absolute atomic E-state index is 12.8. The molecule has 1 amide bonds. The van der Waals surface area contributed by atoms with E-state index in [1.165, 1.54) is 24.5 Å². The molecule has 2 heterocycles. The third-order valence-electron chi connectivity index (χ3n) is 5.77. The summed E-state index contributed by atoms with van der Waals surface area (Å²) >= 11 is 6.17. The lowest BCUT2D eigenvalue weighted by Crippen LogP contribution is -2.15. The van der Waals surface area contributed by atoms with E-state index in [4.69, 9.17) is 11.6 Å². The van der Waals surface area contributed by atoms with Gasteiger partial charge in [-0.2, -0.15) is 0 Å². The fourth-order valence-electron chi connectivity index (χ4n) is 3.90. The van der Waals surface area contributed by atoms with Crippen LogP contribution in [0, 0.1) is 5.92 Å². The minimum absolute atomic E-state index is 0.00684. The van der Waals surface area contributed by atoms with E-state index in [-0.39, 0.29) is 34.0 Å². The molecule has 0 spiro atoms. The highest BCUT2D eigenvalue weighted by Gasteiger charge is 2.44. The van der Waals surface area contributed by atoms with Gasteiger partial charge in [-0.15, -0.1) is 0 Å². The minimum atomic E-state index is -3.76. The van der Waals surface area contributed by atoms with Gasteiger partial charge in [0.2, 0.25) is 5.91 Å². The predicted octanol–water partition coefficient (Wildman–Crippen LogP) is 4.12. The number of halogens is 1. The Morgan fingerprint density at radius 3 is 2.59 bits per heavy atom. The first-order valence-corrected chi connectivity index (χ1v) is 12.3. The number of anilines is 2. The number of pyridine rings is 2. The van der Waals surface area contributed by atoms with Crippen LogP contribution >= 0.6 is 11.6 Å². The van der Waals surface area contributed by atoms with E-state index in [2.05, 4.69) is 20.0 Å². The van der Waals surface area contributed by atoms with Gasteiger partial charge in [0, 0.05) is 34.8 Å². The molecule has 2 aromatic carbocycles. The van der Waals surface area contributed by atoms with Crippen LogP contribution in [0.15, 0.2) is 82.7 Å². The number of carbonyl (C=O) groups excluding carboxylic acids is 1. The fraction of sp³-hybridized carbons (Fsp3) is 0.125. The van der Waals surface area contributed by atoms with Gasteiger partial charge in [0.25, 0.3) is 15.6 Å². The molecule has 5 rings (SSSR count). The average molecular weight is 495 g/mol. The van der Waals surface area contributed by atoms with Crippen LogP contribution in [-0.2, 0) is 14.8 Å². The van der Waals surface area contributed by atoms with Crippen LogP contribution < -0.4 is 15.6 Å². The van der Waals surface area contributed by atoms with Crippen molar-refractivity contribution >= 4 is 49.8 Å². The molecule has 1 aliphatic rings. The van der Waals surface area contributed by atoms with E-state index in [1.54, 1.807) is 48.5 Å². The Labute approximate surface area is 200 Å². The Balaban J connectivity index is 1.26. The van der Waals surface area contributed by atoms with Gasteiger partial charge in [-0.1, -0.05) is 29.8 Å². The largest absolute Gasteiger partial charge is 0.327 e. The van der Waals surface area contributed by atoms with Crippen LogP contribution in [0.1, 0.15) is 17.9 Å². The van der Waals surface area contributed by atoms with Crippen molar-refractivity contribution in [2.45, 2.75) is 17.2 Å². The summed E-state index contributed by atoms with van der Waals surface area (Å²) in [6, 6.07) is 16.4. The molecule has 1 fully saturated rings. The van der Waals surface area contributed by atoms with E-state index >= 15 is 0 Å². The highest BCUT2D eigenvalue weighted by molar-refractivity contribution is 7.92. The smallest absolute Gasteiger partial charge is 0.263 e. The van der Waals surface area contributed by atoms with Gasteiger partial charge >= 0.3 is 0 Å². The number of rotatable bonds is 6. The van der Waals surface area contributed by atoms with Gasteiger partial charge in [-0.25, -0.2) is 13.4 Å². The van der Waals surface area contributed by atoms with Crippen LogP contribution in [0.3, 0.4) is 0 Å². The number of aromatic amines is 1. The van der Waals surface area contributed by atoms with Gasteiger partial charge in [0.05, 0.1) is 9.92 Å². The van der Waals surface area contributed by atoms with Crippen molar-refractivity contribution in [3.63, 3.8) is 0 Å². The first kappa shape index (κ1) is 22.1. The number of benzene rings is 2. The number of hydrogen-bond acceptors (Lipinski definition) is 5. The van der Waals surface area contributed by atoms with Crippen molar-refractivity contribution in [2.24, 2.45) is 5.92 Å². The molecule has 0 saturated heterocycles. The highest BCUT2D eigenvalue weighted by atomic mass is 35.5. The van der Waals surface area contributed by atoms with Crippen molar-refractivity contribution < 1.29 is 13.2 Å². The molecule has 4 aromatic rings. The summed E-state index contributed by atoms with van der Waals surface area (Å²) in [6.07, 6.45) is 3.59. The zero-order valence-electron chi connectivity index (χ0n) is 17.7. The number of aromatic nitrogens is 2. The normalized spacial score (nSPS) is 17.3. The van der Waals surface area contributed by atoms with Crippen molar-refractivity contribution in [3.05, 3.63) is 94.0 Å². The molecule has 0 radical (unpaired) electrons. The lowest BCUT2D eigenvalue weighted by Gasteiger charge is -2.09. The van der Waals surface area contributed by atoms with Gasteiger partial charge in [0.15, 0.2) is 0 Å². The minimum Gasteiger partial charge on any atom is -0.327 e. The van der Waals surface area contributed by atoms with Crippen LogP contribution in [0.4, 0.5) is 11.5 Å². The molecule has 0 aliphatic heterocycles. The fourth-order valence-corrected chi connectivity index (χ4v) is 5.12. The van der Waals surface area contributed by atoms with Crippen LogP contribution in [0.25, 0.3) is 10.8 Å². The molecule has 172 valence electrons. The maximum Gasteiger partial charge on any atom is 0.263 e. The monoisotopic (exact) mass is 494 g/mol. The summed E-state index contributed by atoms with van der Waals surface area (Å²) in [5.41, 5.74) is 1.20. The molecule has 34 heavy (non-hydrogen) atoms. The Hall–Kier alpha value is -3.69. The summed E-state index contributed by atoms with van der Waals surface area (Å²) in [4.78, 5) is 31.3. The molecule has 8 nitrogen and oxygen atoms in total. The zero-order chi connectivity index (χ0) is 23.9. The standard InChI is InChI=1S/C24H19ClN4O4S/c25-21-13-27-23(30)17-9-6-15(11-19(17)21)28-24(31)20-12-18(20)14-4-7-16(8-5-14)34(32,33)29-22-3-1-2-10-26-22/h1-11,13,18,20H,12H2,(H,26,29)(H,27,30)(H,28,31)/t18-,20+/m0/s1. The van der Waals surface area contributed by atoms with Gasteiger partial charge in [0.1, 0.15) is 5.82 Å². The average Bonchev–Trinajstić information content (AvgIpc) is 3.63. The van der Waals surface area contributed by atoms with Crippen molar-refractivity contribution in [3.8, 4) is 0 Å². The quantitative estimate of drug-likeness (QED) is 0.372. The molecule has 1 saturated carbocycles. The van der Waals surface area contributed by atoms with E-state index in [0.29, 0.717) is 27.9 Å². The number of carbonyl (C=O) groups is 1. The molecule has 1 aliphatic carbocycles. The third-order valence-corrected chi connectivity index (χ3v) is 7.45. The molecule has 2 aromatic heterocycles. The third kappa shape index (κ3) is 4.40. The van der Waals surface area contributed by atoms with E-state index in [0.717, 1.165) is 5.56 Å². The predicted molar refractivity (Wildman–Crippen MR) is 131 cm³/mol. The number of nitrogens with one attached hydrogen (secondary N) is 3. The second-order valence-electron chi connectivity index (χ2n) is 8.05. The second kappa shape index (κ2) is 8.58. The molecule has 0 bridgehead atoms. The van der Waals surface area contributed by atoms with Crippen LogP contribution in [-0.4, -0.2) is 24.3 Å². The summed E-state index contributed by atoms with van der Waals surface area (Å²) in [6.45, 7) is 0. The number of H-pyrrole nitrogens is 1. The number of nitrogens with zero attached hydrogens (tertiary/aromatic N) is 1. The van der Waals surface area contributed by atoms with E-state index < -0.39 is 10.0 Å². The molecule has 3 N–H and O–H groups in total. The Morgan fingerprint density at radius 1 is 1.06 bits per heavy atom. The first-order chi connectivity index (χ1) is 16.3. The zero-order valence-corrected chi connectivity index (χ0v) is 19.2. The number of amides is 1. The van der Waals surface area contributed by atoms with Gasteiger partial charge in [-0.05, 0) is 60.4 Å². The van der Waals surface area contributed by atoms with Crippen molar-refractivity contribution in [2.75, 3.05) is 10.0 Å². The summed E-state index contributed by atoms with van der Waals surface area (Å²) < 4.78 is 27.6. The van der Waals surface area contributed by atoms with Gasteiger partial charge in [-0.3, -0.25) is 14.3 Å². The van der Waals surface area contributed by atoms with E-state index in [1.807, 2.05) is 0 Å². The van der Waals surface area contributed by atoms with Crippen LogP contribution in [0.5, 0.6) is 0 Å². The SMILES string of the molecule is O=C(Nc1ccc2c(=O)[nH]cc(Cl)c2c1)[C@@H]1C[C@H]1c1ccc(S(=O)(=O)Nc2ccccn2)cc1. The van der Waals surface area contributed by atoms with E-state index in [9.17, 15) is 18.0 Å². The maximum atomic E-state index is 12.8. The first-order valence-electron chi connectivity index (χ1n) is 10.5. The molecule has 0 unspecified atom stereocenters. The van der Waals surface area contributed by atoms with Crippen molar-refractivity contribution in [1.82, 2.24) is 9.97 Å². The number of sulfonamides is 1. The Bertz CT molecular complexity index is 1550. The van der Waals surface area contributed by atoms with Crippen molar-refractivity contribution in [1.29, 1.82) is 0 Å². The molecule has 2 atom stereocenters. The number of fused-ring (bicyclic) bond motifs is 1. The number of hydrogen-bond donors (Lipinski definition) is 3. The second-order valence-corrected chi connectivity index (χ2v) is 10.1. The molecular weight excluding hydrogens is 476 g/mol. The molecular formula is C24H19ClN4O4S. The topological polar surface area (TPSA) is 121 Å². The summed E-state index contributed by atoms with van der Waals surface area (Å²) in [7, 11) is -3.76. The summed E-state index contributed by atoms with van der Waals surface area (Å²) in [5, 5.41) is 4.28. The summed E-state index contributed by atoms with van der Waals surface area (Å²) in [5.74, 6) is -0.115. The van der Waals surface area contributed by atoms with Crippen LogP contribution in [0.2, 0.25) is 5.02 Å².